The van der Waals surface area contributed by atoms with Gasteiger partial charge in [-0.1, -0.05) is 13.8 Å². The van der Waals surface area contributed by atoms with Gasteiger partial charge in [0, 0.05) is 20.1 Å². The lowest BCUT2D eigenvalue weighted by Crippen LogP contribution is -2.38. The highest BCUT2D eigenvalue weighted by molar-refractivity contribution is 5.92. The minimum Gasteiger partial charge on any atom is -0.372 e. The van der Waals surface area contributed by atoms with Gasteiger partial charge in [-0.3, -0.25) is 9.78 Å². The smallest absolute Gasteiger partial charge is 0.274 e. The molecular weight excluding hydrogens is 216 g/mol. The van der Waals surface area contributed by atoms with Crippen LogP contribution in [0.4, 0.5) is 5.82 Å². The van der Waals surface area contributed by atoms with E-state index in [0.29, 0.717) is 17.4 Å². The number of amides is 1. The van der Waals surface area contributed by atoms with E-state index < -0.39 is 0 Å². The van der Waals surface area contributed by atoms with Crippen LogP contribution in [-0.2, 0) is 0 Å². The first kappa shape index (κ1) is 13.4. The number of carbonyl (C=O) groups excluding carboxylic acids is 1. The SMILES string of the molecule is CNc1cncc(C(=O)N(C)C(C)C(C)C)n1. The first-order valence-corrected chi connectivity index (χ1v) is 5.74. The van der Waals surface area contributed by atoms with E-state index in [1.54, 1.807) is 25.2 Å². The lowest BCUT2D eigenvalue weighted by Gasteiger charge is -2.27. The summed E-state index contributed by atoms with van der Waals surface area (Å²) >= 11 is 0. The quantitative estimate of drug-likeness (QED) is 0.863. The molecule has 0 radical (unpaired) electrons. The van der Waals surface area contributed by atoms with Gasteiger partial charge in [-0.25, -0.2) is 4.98 Å². The Kier molecular flexibility index (Phi) is 4.43. The Morgan fingerprint density at radius 1 is 1.35 bits per heavy atom. The van der Waals surface area contributed by atoms with E-state index in [-0.39, 0.29) is 11.9 Å². The molecule has 0 spiro atoms. The average molecular weight is 236 g/mol. The lowest BCUT2D eigenvalue weighted by molar-refractivity contribution is 0.0701. The molecule has 1 heterocycles. The maximum absolute atomic E-state index is 12.2. The van der Waals surface area contributed by atoms with Gasteiger partial charge >= 0.3 is 0 Å². The molecule has 0 saturated carbocycles. The number of nitrogens with zero attached hydrogens (tertiary/aromatic N) is 3. The molecule has 94 valence electrons. The number of aromatic nitrogens is 2. The first-order valence-electron chi connectivity index (χ1n) is 5.74. The van der Waals surface area contributed by atoms with Crippen molar-refractivity contribution in [1.82, 2.24) is 14.9 Å². The van der Waals surface area contributed by atoms with E-state index in [1.807, 2.05) is 6.92 Å². The second-order valence-corrected chi connectivity index (χ2v) is 4.44. The van der Waals surface area contributed by atoms with E-state index >= 15 is 0 Å². The Morgan fingerprint density at radius 2 is 2.00 bits per heavy atom. The number of carbonyl (C=O) groups is 1. The number of hydrogen-bond acceptors (Lipinski definition) is 4. The minimum absolute atomic E-state index is 0.101. The number of nitrogens with one attached hydrogen (secondary N) is 1. The molecule has 1 amide bonds. The van der Waals surface area contributed by atoms with E-state index in [9.17, 15) is 4.79 Å². The fourth-order valence-electron chi connectivity index (χ4n) is 1.40. The van der Waals surface area contributed by atoms with Crippen LogP contribution in [0.1, 0.15) is 31.3 Å². The molecule has 0 aliphatic carbocycles. The van der Waals surface area contributed by atoms with Crippen LogP contribution >= 0.6 is 0 Å². The molecule has 0 fully saturated rings. The summed E-state index contributed by atoms with van der Waals surface area (Å²) < 4.78 is 0. The molecular formula is C12H20N4O. The highest BCUT2D eigenvalue weighted by Gasteiger charge is 2.21. The zero-order chi connectivity index (χ0) is 13.0. The topological polar surface area (TPSA) is 58.1 Å². The van der Waals surface area contributed by atoms with Gasteiger partial charge in [-0.15, -0.1) is 0 Å². The second-order valence-electron chi connectivity index (χ2n) is 4.44. The Morgan fingerprint density at radius 3 is 2.53 bits per heavy atom. The molecule has 1 aromatic rings. The highest BCUT2D eigenvalue weighted by atomic mass is 16.2. The number of rotatable bonds is 4. The summed E-state index contributed by atoms with van der Waals surface area (Å²) in [6.45, 7) is 6.20. The van der Waals surface area contributed by atoms with Gasteiger partial charge in [-0.05, 0) is 12.8 Å². The summed E-state index contributed by atoms with van der Waals surface area (Å²) in [6.07, 6.45) is 3.08. The number of hydrogen-bond donors (Lipinski definition) is 1. The zero-order valence-electron chi connectivity index (χ0n) is 11.1. The molecule has 5 nitrogen and oxygen atoms in total. The molecule has 0 aliphatic heterocycles. The molecule has 1 aromatic heterocycles. The first-order chi connectivity index (χ1) is 7.97. The van der Waals surface area contributed by atoms with Gasteiger partial charge in [0.2, 0.25) is 0 Å². The summed E-state index contributed by atoms with van der Waals surface area (Å²) in [5.74, 6) is 0.904. The van der Waals surface area contributed by atoms with Crippen molar-refractivity contribution in [3.05, 3.63) is 18.1 Å². The summed E-state index contributed by atoms with van der Waals surface area (Å²) in [6, 6.07) is 0.169. The van der Waals surface area contributed by atoms with Gasteiger partial charge in [0.15, 0.2) is 0 Å². The summed E-state index contributed by atoms with van der Waals surface area (Å²) in [7, 11) is 3.54. The maximum Gasteiger partial charge on any atom is 0.274 e. The molecule has 0 aromatic carbocycles. The van der Waals surface area contributed by atoms with Crippen molar-refractivity contribution >= 4 is 11.7 Å². The Labute approximate surface area is 102 Å². The van der Waals surface area contributed by atoms with Crippen molar-refractivity contribution < 1.29 is 4.79 Å². The van der Waals surface area contributed by atoms with Crippen molar-refractivity contribution in [2.24, 2.45) is 5.92 Å². The predicted octanol–water partition coefficient (Wildman–Crippen LogP) is 1.63. The van der Waals surface area contributed by atoms with E-state index in [4.69, 9.17) is 0 Å². The van der Waals surface area contributed by atoms with Gasteiger partial charge in [0.25, 0.3) is 5.91 Å². The van der Waals surface area contributed by atoms with Crippen molar-refractivity contribution in [3.63, 3.8) is 0 Å². The molecule has 1 N–H and O–H groups in total. The highest BCUT2D eigenvalue weighted by Crippen LogP contribution is 2.11. The Hall–Kier alpha value is -1.65. The third-order valence-electron chi connectivity index (χ3n) is 3.01. The van der Waals surface area contributed by atoms with Crippen LogP contribution < -0.4 is 5.32 Å². The van der Waals surface area contributed by atoms with E-state index in [1.165, 1.54) is 6.20 Å². The molecule has 0 aliphatic rings. The van der Waals surface area contributed by atoms with Gasteiger partial charge in [0.05, 0.1) is 12.4 Å². The van der Waals surface area contributed by atoms with E-state index in [2.05, 4.69) is 29.1 Å². The second kappa shape index (κ2) is 5.61. The van der Waals surface area contributed by atoms with E-state index in [0.717, 1.165) is 0 Å². The van der Waals surface area contributed by atoms with Crippen LogP contribution in [0.3, 0.4) is 0 Å². The van der Waals surface area contributed by atoms with Crippen molar-refractivity contribution in [2.45, 2.75) is 26.8 Å². The van der Waals surface area contributed by atoms with Gasteiger partial charge < -0.3 is 10.2 Å². The maximum atomic E-state index is 12.2. The third-order valence-corrected chi connectivity index (χ3v) is 3.01. The fourth-order valence-corrected chi connectivity index (χ4v) is 1.40. The molecule has 1 atom stereocenters. The lowest BCUT2D eigenvalue weighted by atomic mass is 10.1. The van der Waals surface area contributed by atoms with Crippen LogP contribution in [0.2, 0.25) is 0 Å². The van der Waals surface area contributed by atoms with Crippen LogP contribution in [0, 0.1) is 5.92 Å². The molecule has 1 unspecified atom stereocenters. The molecule has 0 saturated heterocycles. The predicted molar refractivity (Wildman–Crippen MR) is 68.0 cm³/mol. The van der Waals surface area contributed by atoms with Crippen LogP contribution in [0.25, 0.3) is 0 Å². The van der Waals surface area contributed by atoms with Crippen molar-refractivity contribution in [1.29, 1.82) is 0 Å². The summed E-state index contributed by atoms with van der Waals surface area (Å²) in [5.41, 5.74) is 0.367. The monoisotopic (exact) mass is 236 g/mol. The normalized spacial score (nSPS) is 12.4. The standard InChI is InChI=1S/C12H20N4O/c1-8(2)9(3)16(5)12(17)10-6-14-7-11(13-4)15-10/h6-9H,1-5H3,(H,13,15). The molecule has 0 bridgehead atoms. The number of anilines is 1. The summed E-state index contributed by atoms with van der Waals surface area (Å²) in [5, 5.41) is 2.87. The summed E-state index contributed by atoms with van der Waals surface area (Å²) in [4.78, 5) is 22.0. The molecule has 1 rings (SSSR count). The largest absolute Gasteiger partial charge is 0.372 e. The molecule has 5 heteroatoms. The molecule has 17 heavy (non-hydrogen) atoms. The third kappa shape index (κ3) is 3.15. The van der Waals surface area contributed by atoms with Crippen LogP contribution in [-0.4, -0.2) is 40.9 Å². The van der Waals surface area contributed by atoms with Gasteiger partial charge in [0.1, 0.15) is 11.5 Å². The van der Waals surface area contributed by atoms with Crippen LogP contribution in [0.15, 0.2) is 12.4 Å². The van der Waals surface area contributed by atoms with Crippen molar-refractivity contribution in [2.75, 3.05) is 19.4 Å². The zero-order valence-corrected chi connectivity index (χ0v) is 11.1. The van der Waals surface area contributed by atoms with Crippen molar-refractivity contribution in [3.8, 4) is 0 Å². The Balaban J connectivity index is 2.88. The average Bonchev–Trinajstić information content (AvgIpc) is 2.36. The Bertz CT molecular complexity index is 392. The van der Waals surface area contributed by atoms with Crippen LogP contribution in [0.5, 0.6) is 0 Å². The minimum atomic E-state index is -0.101. The van der Waals surface area contributed by atoms with Gasteiger partial charge in [-0.2, -0.15) is 0 Å². The fraction of sp³-hybridized carbons (Fsp3) is 0.583.